The molecule has 0 saturated carbocycles. The summed E-state index contributed by atoms with van der Waals surface area (Å²) in [6.45, 7) is 3.69. The highest BCUT2D eigenvalue weighted by atomic mass is 16.5. The lowest BCUT2D eigenvalue weighted by atomic mass is 9.69. The Bertz CT molecular complexity index is 650. The SMILES string of the molecule is CC1(C)CC2(C=C(C#N)C1=O)CC(O)C(CC1=CCCC=C1)O2. The van der Waals surface area contributed by atoms with Crippen molar-refractivity contribution in [2.45, 2.75) is 63.8 Å². The molecule has 1 aliphatic heterocycles. The van der Waals surface area contributed by atoms with E-state index in [1.807, 2.05) is 19.9 Å². The number of nitrogens with zero attached hydrogens (tertiary/aromatic N) is 1. The van der Waals surface area contributed by atoms with E-state index < -0.39 is 17.1 Å². The summed E-state index contributed by atoms with van der Waals surface area (Å²) in [7, 11) is 0. The van der Waals surface area contributed by atoms with Crippen LogP contribution in [0.2, 0.25) is 0 Å². The molecule has 0 aromatic carbocycles. The number of nitriles is 1. The average molecular weight is 313 g/mol. The van der Waals surface area contributed by atoms with Crippen molar-refractivity contribution in [3.05, 3.63) is 35.5 Å². The standard InChI is InChI=1S/C19H23NO3/c1-18(2)12-19(9-14(11-20)17(18)22)10-15(21)16(23-19)8-13-6-4-3-5-7-13/h4,6-7,9,15-16,21H,3,5,8,10,12H2,1-2H3. The van der Waals surface area contributed by atoms with E-state index in [2.05, 4.69) is 18.2 Å². The van der Waals surface area contributed by atoms with Gasteiger partial charge in [0.15, 0.2) is 5.78 Å². The Morgan fingerprint density at radius 1 is 1.43 bits per heavy atom. The van der Waals surface area contributed by atoms with Gasteiger partial charge in [0.25, 0.3) is 0 Å². The minimum Gasteiger partial charge on any atom is -0.390 e. The summed E-state index contributed by atoms with van der Waals surface area (Å²) >= 11 is 0. The molecular formula is C19H23NO3. The van der Waals surface area contributed by atoms with Gasteiger partial charge < -0.3 is 9.84 Å². The highest BCUT2D eigenvalue weighted by Crippen LogP contribution is 2.47. The van der Waals surface area contributed by atoms with Gasteiger partial charge >= 0.3 is 0 Å². The summed E-state index contributed by atoms with van der Waals surface area (Å²) in [5.74, 6) is -0.134. The number of carbonyl (C=O) groups excluding carboxylic acids is 1. The molecule has 3 unspecified atom stereocenters. The summed E-state index contributed by atoms with van der Waals surface area (Å²) in [5, 5.41) is 19.7. The number of allylic oxidation sites excluding steroid dienone is 4. The Kier molecular flexibility index (Phi) is 4.03. The van der Waals surface area contributed by atoms with E-state index >= 15 is 0 Å². The van der Waals surface area contributed by atoms with Crippen molar-refractivity contribution in [2.75, 3.05) is 0 Å². The summed E-state index contributed by atoms with van der Waals surface area (Å²) in [6.07, 6.45) is 10.9. The zero-order valence-electron chi connectivity index (χ0n) is 13.7. The Hall–Kier alpha value is -1.70. The topological polar surface area (TPSA) is 70.3 Å². The first kappa shape index (κ1) is 16.2. The lowest BCUT2D eigenvalue weighted by Gasteiger charge is -2.38. The number of hydrogen-bond donors (Lipinski definition) is 1. The third-order valence-corrected chi connectivity index (χ3v) is 5.01. The van der Waals surface area contributed by atoms with E-state index in [-0.39, 0.29) is 17.5 Å². The fourth-order valence-electron chi connectivity index (χ4n) is 4.01. The summed E-state index contributed by atoms with van der Waals surface area (Å²) in [4.78, 5) is 12.3. The van der Waals surface area contributed by atoms with Crippen LogP contribution in [0.15, 0.2) is 35.5 Å². The summed E-state index contributed by atoms with van der Waals surface area (Å²) in [5.41, 5.74) is 0.00284. The fourth-order valence-corrected chi connectivity index (χ4v) is 4.01. The molecular weight excluding hydrogens is 290 g/mol. The molecule has 23 heavy (non-hydrogen) atoms. The maximum Gasteiger partial charge on any atom is 0.178 e. The van der Waals surface area contributed by atoms with Crippen molar-refractivity contribution in [2.24, 2.45) is 5.41 Å². The van der Waals surface area contributed by atoms with Gasteiger partial charge in [-0.1, -0.05) is 32.1 Å². The third kappa shape index (κ3) is 3.04. The van der Waals surface area contributed by atoms with E-state index in [0.717, 1.165) is 12.8 Å². The zero-order chi connectivity index (χ0) is 16.7. The van der Waals surface area contributed by atoms with E-state index in [1.165, 1.54) is 5.57 Å². The lowest BCUT2D eigenvalue weighted by molar-refractivity contribution is -0.129. The molecule has 3 aliphatic rings. The first-order valence-electron chi connectivity index (χ1n) is 8.24. The molecule has 4 heteroatoms. The predicted molar refractivity (Wildman–Crippen MR) is 86.4 cm³/mol. The quantitative estimate of drug-likeness (QED) is 0.851. The molecule has 4 nitrogen and oxygen atoms in total. The van der Waals surface area contributed by atoms with Crippen LogP contribution in [0.5, 0.6) is 0 Å². The van der Waals surface area contributed by atoms with E-state index in [0.29, 0.717) is 19.3 Å². The zero-order valence-corrected chi connectivity index (χ0v) is 13.7. The number of ether oxygens (including phenoxy) is 1. The van der Waals surface area contributed by atoms with E-state index in [9.17, 15) is 15.2 Å². The Labute approximate surface area is 137 Å². The predicted octanol–water partition coefficient (Wildman–Crippen LogP) is 2.99. The first-order chi connectivity index (χ1) is 10.9. The van der Waals surface area contributed by atoms with E-state index in [4.69, 9.17) is 4.74 Å². The van der Waals surface area contributed by atoms with Gasteiger partial charge in [0, 0.05) is 18.3 Å². The number of hydrogen-bond acceptors (Lipinski definition) is 4. The van der Waals surface area contributed by atoms with Crippen LogP contribution in [0.4, 0.5) is 0 Å². The molecule has 0 amide bonds. The van der Waals surface area contributed by atoms with E-state index in [1.54, 1.807) is 6.08 Å². The van der Waals surface area contributed by atoms with Crippen molar-refractivity contribution in [3.8, 4) is 6.07 Å². The maximum atomic E-state index is 12.3. The normalized spacial score (nSPS) is 35.8. The van der Waals surface area contributed by atoms with Crippen LogP contribution in [-0.4, -0.2) is 28.7 Å². The highest BCUT2D eigenvalue weighted by molar-refractivity contribution is 6.03. The Morgan fingerprint density at radius 2 is 2.22 bits per heavy atom. The molecule has 2 aliphatic carbocycles. The van der Waals surface area contributed by atoms with Gasteiger partial charge in [-0.05, 0) is 30.9 Å². The van der Waals surface area contributed by atoms with Crippen LogP contribution >= 0.6 is 0 Å². The lowest BCUT2D eigenvalue weighted by Crippen LogP contribution is -2.42. The number of aliphatic hydroxyl groups excluding tert-OH is 1. The minimum atomic E-state index is -0.703. The second kappa shape index (κ2) is 5.74. The maximum absolute atomic E-state index is 12.3. The first-order valence-corrected chi connectivity index (χ1v) is 8.24. The monoisotopic (exact) mass is 313 g/mol. The molecule has 1 N–H and O–H groups in total. The molecule has 0 radical (unpaired) electrons. The number of ketones is 1. The summed E-state index contributed by atoms with van der Waals surface area (Å²) in [6, 6.07) is 2.00. The van der Waals surface area contributed by atoms with Crippen LogP contribution in [0, 0.1) is 16.7 Å². The molecule has 3 rings (SSSR count). The smallest absolute Gasteiger partial charge is 0.178 e. The highest BCUT2D eigenvalue weighted by Gasteiger charge is 2.52. The van der Waals surface area contributed by atoms with Crippen molar-refractivity contribution in [3.63, 3.8) is 0 Å². The van der Waals surface area contributed by atoms with Crippen LogP contribution in [0.25, 0.3) is 0 Å². The Balaban J connectivity index is 1.83. The van der Waals surface area contributed by atoms with Gasteiger partial charge in [-0.15, -0.1) is 0 Å². The van der Waals surface area contributed by atoms with Crippen molar-refractivity contribution < 1.29 is 14.6 Å². The fraction of sp³-hybridized carbons (Fsp3) is 0.579. The third-order valence-electron chi connectivity index (χ3n) is 5.01. The number of carbonyl (C=O) groups is 1. The molecule has 3 atom stereocenters. The van der Waals surface area contributed by atoms with Gasteiger partial charge in [-0.3, -0.25) is 4.79 Å². The van der Waals surface area contributed by atoms with Gasteiger partial charge in [0.1, 0.15) is 6.07 Å². The Morgan fingerprint density at radius 3 is 2.87 bits per heavy atom. The molecule has 0 bridgehead atoms. The molecule has 1 heterocycles. The number of Topliss-reactive ketones (excluding diaryl/α,β-unsaturated/α-hetero) is 1. The second-order valence-corrected chi connectivity index (χ2v) is 7.52. The minimum absolute atomic E-state index is 0.134. The average Bonchev–Trinajstić information content (AvgIpc) is 2.79. The second-order valence-electron chi connectivity index (χ2n) is 7.52. The number of rotatable bonds is 2. The van der Waals surface area contributed by atoms with Gasteiger partial charge in [0.2, 0.25) is 0 Å². The molecule has 1 fully saturated rings. The number of aliphatic hydroxyl groups is 1. The molecule has 1 spiro atoms. The molecule has 0 aromatic rings. The molecule has 1 saturated heterocycles. The van der Waals surface area contributed by atoms with Crippen LogP contribution in [0.1, 0.15) is 46.0 Å². The van der Waals surface area contributed by atoms with Crippen molar-refractivity contribution in [1.82, 2.24) is 0 Å². The van der Waals surface area contributed by atoms with Gasteiger partial charge in [-0.2, -0.15) is 5.26 Å². The van der Waals surface area contributed by atoms with Crippen LogP contribution in [0.3, 0.4) is 0 Å². The largest absolute Gasteiger partial charge is 0.390 e. The molecule has 122 valence electrons. The molecule has 0 aromatic heterocycles. The van der Waals surface area contributed by atoms with Crippen molar-refractivity contribution >= 4 is 5.78 Å². The summed E-state index contributed by atoms with van der Waals surface area (Å²) < 4.78 is 6.22. The van der Waals surface area contributed by atoms with Crippen molar-refractivity contribution in [1.29, 1.82) is 5.26 Å². The van der Waals surface area contributed by atoms with Gasteiger partial charge in [0.05, 0.1) is 23.4 Å². The van der Waals surface area contributed by atoms with Crippen LogP contribution < -0.4 is 0 Å². The van der Waals surface area contributed by atoms with Crippen LogP contribution in [-0.2, 0) is 9.53 Å². The van der Waals surface area contributed by atoms with Gasteiger partial charge in [-0.25, -0.2) is 0 Å².